The maximum atomic E-state index is 5.91. The number of nitrogen functional groups attached to an aromatic ring is 1. The highest BCUT2D eigenvalue weighted by molar-refractivity contribution is 7.13. The molecule has 1 aliphatic heterocycles. The molecule has 0 spiro atoms. The van der Waals surface area contributed by atoms with E-state index in [0.717, 1.165) is 29.2 Å². The zero-order chi connectivity index (χ0) is 12.8. The van der Waals surface area contributed by atoms with Crippen molar-refractivity contribution < 1.29 is 4.74 Å². The molecule has 1 aromatic heterocycles. The van der Waals surface area contributed by atoms with Crippen LogP contribution in [0.3, 0.4) is 0 Å². The summed E-state index contributed by atoms with van der Waals surface area (Å²) in [6, 6.07) is 6.05. The molecule has 4 nitrogen and oxygen atoms in total. The molecule has 5 heteroatoms. The lowest BCUT2D eigenvalue weighted by molar-refractivity contribution is 0.116. The van der Waals surface area contributed by atoms with Gasteiger partial charge < -0.3 is 15.8 Å². The Morgan fingerprint density at radius 1 is 1.44 bits per heavy atom. The van der Waals surface area contributed by atoms with Crippen LogP contribution in [0.5, 0.6) is 5.75 Å². The van der Waals surface area contributed by atoms with Crippen LogP contribution in [0.2, 0.25) is 0 Å². The third kappa shape index (κ3) is 2.01. The van der Waals surface area contributed by atoms with Crippen LogP contribution in [-0.4, -0.2) is 17.1 Å². The molecule has 0 amide bonds. The number of ether oxygens (including phenoxy) is 1. The summed E-state index contributed by atoms with van der Waals surface area (Å²) in [6.45, 7) is 4.93. The summed E-state index contributed by atoms with van der Waals surface area (Å²) >= 11 is 1.45. The highest BCUT2D eigenvalue weighted by atomic mass is 32.1. The van der Waals surface area contributed by atoms with Crippen LogP contribution in [0.1, 0.15) is 13.8 Å². The van der Waals surface area contributed by atoms with E-state index in [0.29, 0.717) is 5.13 Å². The number of aromatic nitrogens is 1. The van der Waals surface area contributed by atoms with Gasteiger partial charge in [-0.2, -0.15) is 0 Å². The summed E-state index contributed by atoms with van der Waals surface area (Å²) in [7, 11) is 0. The maximum absolute atomic E-state index is 5.91. The average Bonchev–Trinajstić information content (AvgIpc) is 2.74. The number of anilines is 2. The molecule has 0 saturated heterocycles. The molecule has 0 fully saturated rings. The molecule has 3 rings (SSSR count). The molecular formula is C13H15N3OS. The quantitative estimate of drug-likeness (QED) is 0.828. The van der Waals surface area contributed by atoms with Crippen molar-refractivity contribution in [3.63, 3.8) is 0 Å². The molecule has 2 aromatic rings. The summed E-state index contributed by atoms with van der Waals surface area (Å²) in [5.41, 5.74) is 8.46. The minimum atomic E-state index is -0.167. The van der Waals surface area contributed by atoms with Crippen molar-refractivity contribution >= 4 is 22.2 Å². The predicted molar refractivity (Wildman–Crippen MR) is 75.2 cm³/mol. The van der Waals surface area contributed by atoms with Gasteiger partial charge in [0.2, 0.25) is 0 Å². The van der Waals surface area contributed by atoms with Gasteiger partial charge in [-0.05, 0) is 32.0 Å². The SMILES string of the molecule is CC1(C)CNc2cc(-c3csc(N)n3)ccc2O1. The number of fused-ring (bicyclic) bond motifs is 1. The van der Waals surface area contributed by atoms with Crippen molar-refractivity contribution in [2.75, 3.05) is 17.6 Å². The summed E-state index contributed by atoms with van der Waals surface area (Å²) in [6.07, 6.45) is 0. The van der Waals surface area contributed by atoms with Gasteiger partial charge in [-0.25, -0.2) is 4.98 Å². The number of nitrogens with zero attached hydrogens (tertiary/aromatic N) is 1. The Morgan fingerprint density at radius 3 is 3.00 bits per heavy atom. The molecule has 0 bridgehead atoms. The topological polar surface area (TPSA) is 60.2 Å². The zero-order valence-corrected chi connectivity index (χ0v) is 11.2. The first-order valence-electron chi connectivity index (χ1n) is 5.82. The summed E-state index contributed by atoms with van der Waals surface area (Å²) < 4.78 is 5.91. The molecule has 0 aliphatic carbocycles. The maximum Gasteiger partial charge on any atom is 0.180 e. The Morgan fingerprint density at radius 2 is 2.28 bits per heavy atom. The number of nitrogens with one attached hydrogen (secondary N) is 1. The second-order valence-corrected chi connectivity index (χ2v) is 5.89. The van der Waals surface area contributed by atoms with Crippen molar-refractivity contribution in [1.29, 1.82) is 0 Å². The van der Waals surface area contributed by atoms with E-state index in [1.54, 1.807) is 0 Å². The van der Waals surface area contributed by atoms with Gasteiger partial charge in [-0.1, -0.05) is 0 Å². The lowest BCUT2D eigenvalue weighted by Crippen LogP contribution is -2.39. The number of rotatable bonds is 1. The molecule has 18 heavy (non-hydrogen) atoms. The second-order valence-electron chi connectivity index (χ2n) is 5.00. The van der Waals surface area contributed by atoms with Crippen molar-refractivity contribution in [3.8, 4) is 17.0 Å². The smallest absolute Gasteiger partial charge is 0.180 e. The van der Waals surface area contributed by atoms with Gasteiger partial charge in [-0.15, -0.1) is 11.3 Å². The van der Waals surface area contributed by atoms with Gasteiger partial charge in [0.1, 0.15) is 11.4 Å². The number of thiazole rings is 1. The van der Waals surface area contributed by atoms with Crippen LogP contribution in [0.15, 0.2) is 23.6 Å². The van der Waals surface area contributed by atoms with Crippen LogP contribution in [-0.2, 0) is 0 Å². The van der Waals surface area contributed by atoms with E-state index < -0.39 is 0 Å². The van der Waals surface area contributed by atoms with E-state index >= 15 is 0 Å². The van der Waals surface area contributed by atoms with Crippen LogP contribution in [0, 0.1) is 0 Å². The van der Waals surface area contributed by atoms with Gasteiger partial charge in [0.25, 0.3) is 0 Å². The Hall–Kier alpha value is -1.75. The van der Waals surface area contributed by atoms with Crippen molar-refractivity contribution in [2.45, 2.75) is 19.4 Å². The Kier molecular flexibility index (Phi) is 2.45. The molecule has 0 radical (unpaired) electrons. The van der Waals surface area contributed by atoms with E-state index in [1.165, 1.54) is 11.3 Å². The van der Waals surface area contributed by atoms with Crippen LogP contribution < -0.4 is 15.8 Å². The Labute approximate surface area is 110 Å². The second kappa shape index (κ2) is 3.88. The fourth-order valence-electron chi connectivity index (χ4n) is 1.98. The largest absolute Gasteiger partial charge is 0.484 e. The number of hydrogen-bond acceptors (Lipinski definition) is 5. The Bertz CT molecular complexity index is 592. The predicted octanol–water partition coefficient (Wildman–Crippen LogP) is 2.98. The van der Waals surface area contributed by atoms with Crippen molar-refractivity contribution in [1.82, 2.24) is 4.98 Å². The van der Waals surface area contributed by atoms with Crippen LogP contribution in [0.4, 0.5) is 10.8 Å². The molecule has 0 saturated carbocycles. The molecule has 94 valence electrons. The fourth-order valence-corrected chi connectivity index (χ4v) is 2.55. The number of hydrogen-bond donors (Lipinski definition) is 2. The Balaban J connectivity index is 1.97. The van der Waals surface area contributed by atoms with Gasteiger partial charge >= 0.3 is 0 Å². The normalized spacial score (nSPS) is 16.6. The minimum absolute atomic E-state index is 0.167. The van der Waals surface area contributed by atoms with E-state index in [-0.39, 0.29) is 5.60 Å². The van der Waals surface area contributed by atoms with Crippen LogP contribution in [0.25, 0.3) is 11.3 Å². The lowest BCUT2D eigenvalue weighted by Gasteiger charge is -2.33. The van der Waals surface area contributed by atoms with Gasteiger partial charge in [0, 0.05) is 10.9 Å². The number of nitrogens with two attached hydrogens (primary N) is 1. The van der Waals surface area contributed by atoms with E-state index in [9.17, 15) is 0 Å². The first-order valence-corrected chi connectivity index (χ1v) is 6.70. The summed E-state index contributed by atoms with van der Waals surface area (Å²) in [5.74, 6) is 0.887. The first-order chi connectivity index (χ1) is 8.53. The van der Waals surface area contributed by atoms with Crippen molar-refractivity contribution in [3.05, 3.63) is 23.6 Å². The van der Waals surface area contributed by atoms with E-state index in [4.69, 9.17) is 10.5 Å². The minimum Gasteiger partial charge on any atom is -0.484 e. The zero-order valence-electron chi connectivity index (χ0n) is 10.4. The highest BCUT2D eigenvalue weighted by Gasteiger charge is 2.26. The van der Waals surface area contributed by atoms with Gasteiger partial charge in [-0.3, -0.25) is 0 Å². The highest BCUT2D eigenvalue weighted by Crippen LogP contribution is 2.36. The molecule has 3 N–H and O–H groups in total. The first kappa shape index (κ1) is 11.3. The molecule has 1 aromatic carbocycles. The third-order valence-electron chi connectivity index (χ3n) is 2.89. The molecular weight excluding hydrogens is 246 g/mol. The van der Waals surface area contributed by atoms with Gasteiger partial charge in [0.05, 0.1) is 17.9 Å². The summed E-state index contributed by atoms with van der Waals surface area (Å²) in [5, 5.41) is 5.94. The fraction of sp³-hybridized carbons (Fsp3) is 0.308. The van der Waals surface area contributed by atoms with E-state index in [1.807, 2.05) is 17.5 Å². The number of benzene rings is 1. The molecule has 0 unspecified atom stereocenters. The van der Waals surface area contributed by atoms with Crippen molar-refractivity contribution in [2.24, 2.45) is 0 Å². The standard InChI is InChI=1S/C13H15N3OS/c1-13(2)7-15-9-5-8(3-4-11(9)17-13)10-6-18-12(14)16-10/h3-6,15H,7H2,1-2H3,(H2,14,16). The van der Waals surface area contributed by atoms with E-state index in [2.05, 4.69) is 30.2 Å². The van der Waals surface area contributed by atoms with Crippen LogP contribution >= 0.6 is 11.3 Å². The monoisotopic (exact) mass is 261 g/mol. The molecule has 1 aliphatic rings. The lowest BCUT2D eigenvalue weighted by atomic mass is 10.1. The summed E-state index contributed by atoms with van der Waals surface area (Å²) in [4.78, 5) is 4.29. The average molecular weight is 261 g/mol. The third-order valence-corrected chi connectivity index (χ3v) is 3.56. The molecule has 2 heterocycles. The molecule has 0 atom stereocenters. The van der Waals surface area contributed by atoms with Gasteiger partial charge in [0.15, 0.2) is 5.13 Å².